The average molecular weight is 449 g/mol. The lowest BCUT2D eigenvalue weighted by Gasteiger charge is -2.43. The maximum Gasteiger partial charge on any atom is 0.173 e. The highest BCUT2D eigenvalue weighted by atomic mass is 19.1. The van der Waals surface area contributed by atoms with Crippen molar-refractivity contribution in [2.75, 3.05) is 26.2 Å². The average Bonchev–Trinajstić information content (AvgIpc) is 3.34. The second kappa shape index (κ2) is 10.5. The molecule has 2 aromatic carbocycles. The molecule has 0 amide bonds. The monoisotopic (exact) mass is 448 g/mol. The van der Waals surface area contributed by atoms with Crippen LogP contribution in [-0.2, 0) is 13.0 Å². The smallest absolute Gasteiger partial charge is 0.173 e. The van der Waals surface area contributed by atoms with Gasteiger partial charge in [-0.05, 0) is 52.9 Å². The predicted molar refractivity (Wildman–Crippen MR) is 126 cm³/mol. The minimum Gasteiger partial charge on any atom is -0.298 e. The molecule has 1 saturated heterocycles. The Bertz CT molecular complexity index is 991. The fraction of sp³-hybridized carbons (Fsp3) is 0.500. The summed E-state index contributed by atoms with van der Waals surface area (Å²) >= 11 is 0. The Morgan fingerprint density at radius 3 is 2.33 bits per heavy atom. The van der Waals surface area contributed by atoms with Crippen LogP contribution >= 0.6 is 0 Å². The summed E-state index contributed by atoms with van der Waals surface area (Å²) < 4.78 is 15.6. The highest BCUT2D eigenvalue weighted by Crippen LogP contribution is 2.30. The summed E-state index contributed by atoms with van der Waals surface area (Å²) in [4.78, 5) is 5.15. The van der Waals surface area contributed by atoms with E-state index < -0.39 is 0 Å². The number of benzene rings is 2. The number of aryl methyl sites for hydroxylation is 2. The van der Waals surface area contributed by atoms with Gasteiger partial charge in [0.05, 0.1) is 6.04 Å². The van der Waals surface area contributed by atoms with E-state index in [2.05, 4.69) is 49.6 Å². The molecule has 3 aromatic rings. The maximum absolute atomic E-state index is 13.7. The Kier molecular flexibility index (Phi) is 7.07. The van der Waals surface area contributed by atoms with Crippen molar-refractivity contribution in [1.29, 1.82) is 0 Å². The summed E-state index contributed by atoms with van der Waals surface area (Å²) in [5, 5.41) is 12.8. The summed E-state index contributed by atoms with van der Waals surface area (Å²) in [7, 11) is 0. The highest BCUT2D eigenvalue weighted by Gasteiger charge is 2.32. The number of halogens is 1. The highest BCUT2D eigenvalue weighted by molar-refractivity contribution is 5.26. The van der Waals surface area contributed by atoms with Gasteiger partial charge in [-0.3, -0.25) is 9.80 Å². The van der Waals surface area contributed by atoms with E-state index >= 15 is 0 Å². The SMILES string of the molecule is Fc1ccc([C@H](c2nnnn2CCc2ccccc2)N2CCN(C3CCCCC3)CC2)cc1. The molecule has 1 aromatic heterocycles. The van der Waals surface area contributed by atoms with Crippen LogP contribution in [0.25, 0.3) is 0 Å². The minimum atomic E-state index is -0.219. The third kappa shape index (κ3) is 5.31. The van der Waals surface area contributed by atoms with Crippen LogP contribution in [0.3, 0.4) is 0 Å². The van der Waals surface area contributed by atoms with Crippen molar-refractivity contribution in [2.45, 2.75) is 57.2 Å². The number of piperazine rings is 1. The topological polar surface area (TPSA) is 50.1 Å². The van der Waals surface area contributed by atoms with Crippen LogP contribution in [0.15, 0.2) is 54.6 Å². The lowest BCUT2D eigenvalue weighted by atomic mass is 9.93. The summed E-state index contributed by atoms with van der Waals surface area (Å²) in [5.41, 5.74) is 2.30. The molecule has 1 aliphatic heterocycles. The molecule has 6 nitrogen and oxygen atoms in total. The van der Waals surface area contributed by atoms with Crippen molar-refractivity contribution in [3.63, 3.8) is 0 Å². The van der Waals surface area contributed by atoms with Crippen LogP contribution in [-0.4, -0.2) is 62.2 Å². The van der Waals surface area contributed by atoms with Gasteiger partial charge in [-0.25, -0.2) is 9.07 Å². The molecule has 0 unspecified atom stereocenters. The lowest BCUT2D eigenvalue weighted by molar-refractivity contribution is 0.0619. The van der Waals surface area contributed by atoms with Gasteiger partial charge < -0.3 is 0 Å². The molecular formula is C26H33FN6. The van der Waals surface area contributed by atoms with Gasteiger partial charge in [0.2, 0.25) is 0 Å². The molecule has 33 heavy (non-hydrogen) atoms. The van der Waals surface area contributed by atoms with Crippen molar-refractivity contribution in [3.05, 3.63) is 77.4 Å². The van der Waals surface area contributed by atoms with Crippen molar-refractivity contribution in [2.24, 2.45) is 0 Å². The third-order valence-electron chi connectivity index (χ3n) is 7.25. The first-order valence-corrected chi connectivity index (χ1v) is 12.3. The zero-order valence-electron chi connectivity index (χ0n) is 19.2. The number of tetrazole rings is 1. The number of hydrogen-bond donors (Lipinski definition) is 0. The first kappa shape index (κ1) is 22.2. The van der Waals surface area contributed by atoms with Crippen LogP contribution in [0.5, 0.6) is 0 Å². The molecular weight excluding hydrogens is 415 g/mol. The van der Waals surface area contributed by atoms with Gasteiger partial charge in [0, 0.05) is 38.8 Å². The molecule has 0 spiro atoms. The van der Waals surface area contributed by atoms with E-state index in [0.717, 1.165) is 50.0 Å². The third-order valence-corrected chi connectivity index (χ3v) is 7.25. The van der Waals surface area contributed by atoms with Crippen LogP contribution in [0, 0.1) is 5.82 Å². The molecule has 2 heterocycles. The Morgan fingerprint density at radius 1 is 0.879 bits per heavy atom. The Hall–Kier alpha value is -2.64. The van der Waals surface area contributed by atoms with Gasteiger partial charge >= 0.3 is 0 Å². The van der Waals surface area contributed by atoms with Gasteiger partial charge in [0.15, 0.2) is 5.82 Å². The van der Waals surface area contributed by atoms with E-state index in [1.54, 1.807) is 12.1 Å². The molecule has 2 fully saturated rings. The number of rotatable bonds is 7. The number of aromatic nitrogens is 4. The van der Waals surface area contributed by atoms with E-state index in [9.17, 15) is 4.39 Å². The van der Waals surface area contributed by atoms with Crippen molar-refractivity contribution >= 4 is 0 Å². The molecule has 7 heteroatoms. The molecule has 0 radical (unpaired) electrons. The molecule has 0 N–H and O–H groups in total. The predicted octanol–water partition coefficient (Wildman–Crippen LogP) is 4.09. The molecule has 0 bridgehead atoms. The van der Waals surface area contributed by atoms with E-state index in [-0.39, 0.29) is 11.9 Å². The second-order valence-electron chi connectivity index (χ2n) is 9.31. The van der Waals surface area contributed by atoms with Gasteiger partial charge in [-0.15, -0.1) is 5.10 Å². The Balaban J connectivity index is 1.35. The summed E-state index contributed by atoms with van der Waals surface area (Å²) in [6, 6.07) is 17.9. The lowest BCUT2D eigenvalue weighted by Crippen LogP contribution is -2.52. The first-order chi connectivity index (χ1) is 16.3. The molecule has 1 aliphatic carbocycles. The van der Waals surface area contributed by atoms with E-state index in [1.165, 1.54) is 37.7 Å². The van der Waals surface area contributed by atoms with E-state index in [1.807, 2.05) is 22.9 Å². The van der Waals surface area contributed by atoms with Crippen LogP contribution in [0.2, 0.25) is 0 Å². The zero-order chi connectivity index (χ0) is 22.5. The minimum absolute atomic E-state index is 0.0788. The Labute approximate surface area is 195 Å². The quantitative estimate of drug-likeness (QED) is 0.545. The Morgan fingerprint density at radius 2 is 1.61 bits per heavy atom. The van der Waals surface area contributed by atoms with E-state index in [4.69, 9.17) is 0 Å². The second-order valence-corrected chi connectivity index (χ2v) is 9.31. The van der Waals surface area contributed by atoms with Gasteiger partial charge in [-0.1, -0.05) is 61.7 Å². The van der Waals surface area contributed by atoms with Crippen LogP contribution < -0.4 is 0 Å². The van der Waals surface area contributed by atoms with Crippen LogP contribution in [0.1, 0.15) is 55.1 Å². The van der Waals surface area contributed by atoms with Crippen molar-refractivity contribution < 1.29 is 4.39 Å². The number of hydrogen-bond acceptors (Lipinski definition) is 5. The van der Waals surface area contributed by atoms with Crippen molar-refractivity contribution in [3.8, 4) is 0 Å². The zero-order valence-corrected chi connectivity index (χ0v) is 19.2. The normalized spacial score (nSPS) is 19.5. The standard InChI is InChI=1S/C26H33FN6/c27-23-13-11-22(12-14-23)25(32-19-17-31(18-20-32)24-9-5-2-6-10-24)26-28-29-30-33(26)16-15-21-7-3-1-4-8-21/h1,3-4,7-8,11-14,24-25H,2,5-6,9-10,15-20H2/t25-/m1/s1. The largest absolute Gasteiger partial charge is 0.298 e. The maximum atomic E-state index is 13.7. The molecule has 174 valence electrons. The molecule has 1 atom stereocenters. The number of nitrogens with zero attached hydrogens (tertiary/aromatic N) is 6. The fourth-order valence-electron chi connectivity index (χ4n) is 5.42. The molecule has 2 aliphatic rings. The summed E-state index contributed by atoms with van der Waals surface area (Å²) in [6.07, 6.45) is 7.63. The van der Waals surface area contributed by atoms with Gasteiger partial charge in [-0.2, -0.15) is 0 Å². The molecule has 5 rings (SSSR count). The van der Waals surface area contributed by atoms with Crippen molar-refractivity contribution in [1.82, 2.24) is 30.0 Å². The summed E-state index contributed by atoms with van der Waals surface area (Å²) in [6.45, 7) is 4.77. The fourth-order valence-corrected chi connectivity index (χ4v) is 5.42. The molecule has 1 saturated carbocycles. The first-order valence-electron chi connectivity index (χ1n) is 12.3. The van der Waals surface area contributed by atoms with Crippen LogP contribution in [0.4, 0.5) is 4.39 Å². The van der Waals surface area contributed by atoms with E-state index in [0.29, 0.717) is 6.54 Å². The van der Waals surface area contributed by atoms with Gasteiger partial charge in [0.1, 0.15) is 5.82 Å². The summed E-state index contributed by atoms with van der Waals surface area (Å²) in [5.74, 6) is 0.618. The van der Waals surface area contributed by atoms with Gasteiger partial charge in [0.25, 0.3) is 0 Å².